The van der Waals surface area contributed by atoms with Gasteiger partial charge in [0.15, 0.2) is 0 Å². The Morgan fingerprint density at radius 1 is 1.32 bits per heavy atom. The SMILES string of the molecule is CC(C)C1C=C(C(=O)O)C=C2C1=Nc1ccccc12. The van der Waals surface area contributed by atoms with E-state index in [0.29, 0.717) is 11.5 Å². The van der Waals surface area contributed by atoms with Crippen LogP contribution in [0, 0.1) is 11.8 Å². The number of nitrogens with zero attached hydrogens (tertiary/aromatic N) is 1. The summed E-state index contributed by atoms with van der Waals surface area (Å²) in [6, 6.07) is 7.89. The molecule has 0 radical (unpaired) electrons. The van der Waals surface area contributed by atoms with Gasteiger partial charge in [-0.25, -0.2) is 4.79 Å². The van der Waals surface area contributed by atoms with Crippen LogP contribution in [0.1, 0.15) is 19.4 Å². The van der Waals surface area contributed by atoms with Crippen molar-refractivity contribution in [2.24, 2.45) is 16.8 Å². The number of hydrogen-bond acceptors (Lipinski definition) is 2. The average Bonchev–Trinajstić information content (AvgIpc) is 2.75. The van der Waals surface area contributed by atoms with E-state index in [2.05, 4.69) is 18.8 Å². The number of allylic oxidation sites excluding steroid dienone is 2. The molecule has 1 aromatic carbocycles. The third kappa shape index (κ3) is 1.82. The van der Waals surface area contributed by atoms with E-state index in [-0.39, 0.29) is 5.92 Å². The number of aliphatic carboxylic acids is 1. The molecule has 1 aliphatic heterocycles. The number of carbonyl (C=O) groups is 1. The van der Waals surface area contributed by atoms with Crippen LogP contribution >= 0.6 is 0 Å². The van der Waals surface area contributed by atoms with Crippen molar-refractivity contribution in [3.05, 3.63) is 47.6 Å². The van der Waals surface area contributed by atoms with Crippen LogP contribution in [0.4, 0.5) is 5.69 Å². The fourth-order valence-electron chi connectivity index (χ4n) is 2.65. The summed E-state index contributed by atoms with van der Waals surface area (Å²) >= 11 is 0. The first-order valence-corrected chi connectivity index (χ1v) is 6.43. The van der Waals surface area contributed by atoms with Gasteiger partial charge in [-0.05, 0) is 18.1 Å². The van der Waals surface area contributed by atoms with Gasteiger partial charge in [0.2, 0.25) is 0 Å². The fraction of sp³-hybridized carbons (Fsp3) is 0.250. The highest BCUT2D eigenvalue weighted by Gasteiger charge is 2.32. The molecule has 1 heterocycles. The van der Waals surface area contributed by atoms with Gasteiger partial charge in [0.1, 0.15) is 0 Å². The Kier molecular flexibility index (Phi) is 2.63. The van der Waals surface area contributed by atoms with Gasteiger partial charge in [-0.1, -0.05) is 38.1 Å². The lowest BCUT2D eigenvalue weighted by atomic mass is 9.80. The molecule has 3 rings (SSSR count). The van der Waals surface area contributed by atoms with Gasteiger partial charge in [-0.3, -0.25) is 4.99 Å². The molecule has 0 saturated carbocycles. The van der Waals surface area contributed by atoms with Crippen molar-refractivity contribution in [1.82, 2.24) is 0 Å². The highest BCUT2D eigenvalue weighted by atomic mass is 16.4. The number of para-hydroxylation sites is 1. The third-order valence-electron chi connectivity index (χ3n) is 3.65. The smallest absolute Gasteiger partial charge is 0.335 e. The molecule has 0 bridgehead atoms. The standard InChI is InChI=1S/C16H15NO2/c1-9(2)12-7-10(16(18)19)8-13-11-5-3-4-6-14(11)17-15(12)13/h3-9,12H,1-2H3,(H,18,19). The van der Waals surface area contributed by atoms with Gasteiger partial charge in [-0.15, -0.1) is 0 Å². The molecular weight excluding hydrogens is 238 g/mol. The summed E-state index contributed by atoms with van der Waals surface area (Å²) in [6.07, 6.45) is 3.56. The lowest BCUT2D eigenvalue weighted by Crippen LogP contribution is -2.22. The van der Waals surface area contributed by atoms with Crippen LogP contribution in [0.5, 0.6) is 0 Å². The molecule has 0 amide bonds. The second-order valence-electron chi connectivity index (χ2n) is 5.27. The number of hydrogen-bond donors (Lipinski definition) is 1. The number of benzene rings is 1. The van der Waals surface area contributed by atoms with Crippen LogP contribution in [0.25, 0.3) is 5.57 Å². The first-order valence-electron chi connectivity index (χ1n) is 6.43. The normalized spacial score (nSPS) is 20.4. The van der Waals surface area contributed by atoms with Crippen LogP contribution in [-0.4, -0.2) is 16.8 Å². The topological polar surface area (TPSA) is 49.7 Å². The summed E-state index contributed by atoms with van der Waals surface area (Å²) in [7, 11) is 0. The molecule has 0 saturated heterocycles. The molecule has 1 aromatic rings. The van der Waals surface area contributed by atoms with Crippen LogP contribution in [0.2, 0.25) is 0 Å². The summed E-state index contributed by atoms with van der Waals surface area (Å²) in [6.45, 7) is 4.18. The van der Waals surface area contributed by atoms with Crippen LogP contribution < -0.4 is 0 Å². The van der Waals surface area contributed by atoms with Gasteiger partial charge >= 0.3 is 5.97 Å². The zero-order valence-electron chi connectivity index (χ0n) is 10.9. The molecule has 3 nitrogen and oxygen atoms in total. The van der Waals surface area contributed by atoms with Crippen molar-refractivity contribution in [2.45, 2.75) is 13.8 Å². The second-order valence-corrected chi connectivity index (χ2v) is 5.27. The van der Waals surface area contributed by atoms with Gasteiger partial charge in [-0.2, -0.15) is 0 Å². The van der Waals surface area contributed by atoms with E-state index in [1.165, 1.54) is 0 Å². The molecule has 2 aliphatic rings. The monoisotopic (exact) mass is 253 g/mol. The molecule has 1 N–H and O–H groups in total. The summed E-state index contributed by atoms with van der Waals surface area (Å²) in [5, 5.41) is 9.25. The molecule has 0 fully saturated rings. The minimum atomic E-state index is -0.874. The Balaban J connectivity index is 2.17. The van der Waals surface area contributed by atoms with Gasteiger partial charge < -0.3 is 5.11 Å². The Morgan fingerprint density at radius 2 is 2.05 bits per heavy atom. The molecule has 1 atom stereocenters. The maximum atomic E-state index is 11.3. The fourth-order valence-corrected chi connectivity index (χ4v) is 2.65. The van der Waals surface area contributed by atoms with E-state index >= 15 is 0 Å². The van der Waals surface area contributed by atoms with Crippen molar-refractivity contribution in [3.8, 4) is 0 Å². The molecule has 19 heavy (non-hydrogen) atoms. The predicted molar refractivity (Wildman–Crippen MR) is 75.6 cm³/mol. The zero-order valence-corrected chi connectivity index (χ0v) is 10.9. The molecular formula is C16H15NO2. The average molecular weight is 253 g/mol. The summed E-state index contributed by atoms with van der Waals surface area (Å²) < 4.78 is 0. The summed E-state index contributed by atoms with van der Waals surface area (Å²) in [4.78, 5) is 16.0. The van der Waals surface area contributed by atoms with Crippen LogP contribution in [-0.2, 0) is 4.79 Å². The Labute approximate surface area is 112 Å². The maximum Gasteiger partial charge on any atom is 0.335 e. The van der Waals surface area contributed by atoms with Crippen molar-refractivity contribution < 1.29 is 9.90 Å². The van der Waals surface area contributed by atoms with Crippen molar-refractivity contribution in [2.75, 3.05) is 0 Å². The van der Waals surface area contributed by atoms with E-state index in [1.807, 2.05) is 30.3 Å². The Morgan fingerprint density at radius 3 is 2.74 bits per heavy atom. The first kappa shape index (κ1) is 11.9. The quantitative estimate of drug-likeness (QED) is 0.877. The molecule has 1 unspecified atom stereocenters. The summed E-state index contributed by atoms with van der Waals surface area (Å²) in [5.74, 6) is -0.480. The molecule has 1 aliphatic carbocycles. The van der Waals surface area contributed by atoms with E-state index in [0.717, 1.165) is 22.5 Å². The number of carboxylic acid groups (broad SMARTS) is 1. The zero-order chi connectivity index (χ0) is 13.6. The van der Waals surface area contributed by atoms with E-state index < -0.39 is 5.97 Å². The predicted octanol–water partition coefficient (Wildman–Crippen LogP) is 3.45. The number of rotatable bonds is 2. The molecule has 3 heteroatoms. The van der Waals surface area contributed by atoms with Crippen LogP contribution in [0.3, 0.4) is 0 Å². The minimum Gasteiger partial charge on any atom is -0.478 e. The van der Waals surface area contributed by atoms with E-state index in [4.69, 9.17) is 0 Å². The minimum absolute atomic E-state index is 0.0681. The number of carboxylic acids is 1. The highest BCUT2D eigenvalue weighted by Crippen LogP contribution is 2.41. The largest absolute Gasteiger partial charge is 0.478 e. The Hall–Kier alpha value is -2.16. The van der Waals surface area contributed by atoms with Gasteiger partial charge in [0, 0.05) is 17.1 Å². The number of aliphatic imine (C=N–C) groups is 1. The van der Waals surface area contributed by atoms with Crippen LogP contribution in [0.15, 0.2) is 47.0 Å². The van der Waals surface area contributed by atoms with E-state index in [1.54, 1.807) is 6.08 Å². The molecule has 0 spiro atoms. The summed E-state index contributed by atoms with van der Waals surface area (Å²) in [5.41, 5.74) is 4.31. The third-order valence-corrected chi connectivity index (χ3v) is 3.65. The second kappa shape index (κ2) is 4.19. The first-order chi connectivity index (χ1) is 9.08. The number of fused-ring (bicyclic) bond motifs is 3. The van der Waals surface area contributed by atoms with Crippen molar-refractivity contribution >= 4 is 22.9 Å². The van der Waals surface area contributed by atoms with Crippen molar-refractivity contribution in [3.63, 3.8) is 0 Å². The Bertz CT molecular complexity index is 650. The highest BCUT2D eigenvalue weighted by molar-refractivity contribution is 6.32. The van der Waals surface area contributed by atoms with E-state index in [9.17, 15) is 9.90 Å². The molecule has 0 aromatic heterocycles. The maximum absolute atomic E-state index is 11.3. The lowest BCUT2D eigenvalue weighted by molar-refractivity contribution is -0.132. The van der Waals surface area contributed by atoms with Gasteiger partial charge in [0.05, 0.1) is 17.0 Å². The van der Waals surface area contributed by atoms with Gasteiger partial charge in [0.25, 0.3) is 0 Å². The molecule has 96 valence electrons. The lowest BCUT2D eigenvalue weighted by Gasteiger charge is -2.23. The van der Waals surface area contributed by atoms with Crippen molar-refractivity contribution in [1.29, 1.82) is 0 Å².